The van der Waals surface area contributed by atoms with Gasteiger partial charge >= 0.3 is 0 Å². The van der Waals surface area contributed by atoms with E-state index in [9.17, 15) is 9.59 Å². The second-order valence-corrected chi connectivity index (χ2v) is 3.48. The van der Waals surface area contributed by atoms with Crippen LogP contribution in [-0.4, -0.2) is 33.2 Å². The zero-order chi connectivity index (χ0) is 12.1. The molecule has 1 aliphatic rings. The molecule has 0 unspecified atom stereocenters. The van der Waals surface area contributed by atoms with Crippen molar-refractivity contribution in [3.8, 4) is 0 Å². The smallest absolute Gasteiger partial charge is 0.253 e. The van der Waals surface area contributed by atoms with Gasteiger partial charge in [-0.1, -0.05) is 6.08 Å². The van der Waals surface area contributed by atoms with Crippen molar-refractivity contribution < 1.29 is 9.59 Å². The first-order valence-corrected chi connectivity index (χ1v) is 5.23. The van der Waals surface area contributed by atoms with Crippen LogP contribution in [-0.2, 0) is 9.59 Å². The third-order valence-corrected chi connectivity index (χ3v) is 2.29. The minimum absolute atomic E-state index is 0.273. The van der Waals surface area contributed by atoms with E-state index in [0.29, 0.717) is 18.7 Å². The fourth-order valence-corrected chi connectivity index (χ4v) is 1.45. The average Bonchev–Trinajstić information content (AvgIpc) is 2.38. The van der Waals surface area contributed by atoms with Crippen molar-refractivity contribution >= 4 is 17.9 Å². The summed E-state index contributed by atoms with van der Waals surface area (Å²) in [7, 11) is 0. The van der Waals surface area contributed by atoms with Gasteiger partial charge in [0.2, 0.25) is 0 Å². The van der Waals surface area contributed by atoms with Gasteiger partial charge < -0.3 is 0 Å². The number of hydrogen-bond acceptors (Lipinski definition) is 4. The molecule has 5 heteroatoms. The molecule has 0 aliphatic carbocycles. The van der Waals surface area contributed by atoms with E-state index in [-0.39, 0.29) is 11.8 Å². The topological polar surface area (TPSA) is 63.2 Å². The first-order valence-electron chi connectivity index (χ1n) is 5.23. The Kier molecular flexibility index (Phi) is 3.40. The van der Waals surface area contributed by atoms with Crippen LogP contribution in [0.3, 0.4) is 0 Å². The van der Waals surface area contributed by atoms with Gasteiger partial charge in [-0.25, -0.2) is 0 Å². The molecule has 2 amide bonds. The van der Waals surface area contributed by atoms with E-state index < -0.39 is 0 Å². The van der Waals surface area contributed by atoms with Crippen molar-refractivity contribution in [2.24, 2.45) is 0 Å². The van der Waals surface area contributed by atoms with Gasteiger partial charge in [0.1, 0.15) is 0 Å². The molecule has 0 N–H and O–H groups in total. The lowest BCUT2D eigenvalue weighted by Gasteiger charge is -2.19. The average molecular weight is 229 g/mol. The summed E-state index contributed by atoms with van der Waals surface area (Å²) in [6, 6.07) is 0. The van der Waals surface area contributed by atoms with E-state index in [1.165, 1.54) is 17.1 Å². The van der Waals surface area contributed by atoms with Gasteiger partial charge in [-0.3, -0.25) is 24.5 Å². The lowest BCUT2D eigenvalue weighted by molar-refractivity contribution is -0.139. The van der Waals surface area contributed by atoms with Crippen molar-refractivity contribution in [1.82, 2.24) is 14.9 Å². The summed E-state index contributed by atoms with van der Waals surface area (Å²) in [6.07, 6.45) is 11.4. The standard InChI is InChI=1S/C12H11N3O2/c16-11-3-1-2-8-15(11)12(17)5-4-10-9-13-6-7-14-10/h1,3-7,9H,2,8H2/b5-4+. The normalized spacial score (nSPS) is 15.5. The quantitative estimate of drug-likeness (QED) is 0.704. The van der Waals surface area contributed by atoms with Crippen molar-refractivity contribution in [2.45, 2.75) is 6.42 Å². The van der Waals surface area contributed by atoms with Gasteiger partial charge in [-0.2, -0.15) is 0 Å². The van der Waals surface area contributed by atoms with Crippen molar-refractivity contribution in [3.05, 3.63) is 42.5 Å². The lowest BCUT2D eigenvalue weighted by atomic mass is 10.2. The fraction of sp³-hybridized carbons (Fsp3) is 0.167. The maximum absolute atomic E-state index is 11.7. The molecule has 0 saturated carbocycles. The predicted molar refractivity (Wildman–Crippen MR) is 61.5 cm³/mol. The molecule has 5 nitrogen and oxygen atoms in total. The van der Waals surface area contributed by atoms with Crippen LogP contribution < -0.4 is 0 Å². The maximum Gasteiger partial charge on any atom is 0.253 e. The van der Waals surface area contributed by atoms with E-state index in [0.717, 1.165) is 0 Å². The maximum atomic E-state index is 11.7. The fourth-order valence-electron chi connectivity index (χ4n) is 1.45. The molecule has 1 aromatic rings. The van der Waals surface area contributed by atoms with Gasteiger partial charge in [-0.15, -0.1) is 0 Å². The Bertz CT molecular complexity index is 480. The molecule has 86 valence electrons. The predicted octanol–water partition coefficient (Wildman–Crippen LogP) is 0.805. The largest absolute Gasteiger partial charge is 0.275 e. The summed E-state index contributed by atoms with van der Waals surface area (Å²) in [5.41, 5.74) is 0.584. The number of amides is 2. The first-order chi connectivity index (χ1) is 8.27. The number of carbonyl (C=O) groups excluding carboxylic acids is 2. The van der Waals surface area contributed by atoms with Gasteiger partial charge in [0, 0.05) is 25.0 Å². The molecule has 0 fully saturated rings. The molecule has 17 heavy (non-hydrogen) atoms. The molecular weight excluding hydrogens is 218 g/mol. The Balaban J connectivity index is 2.04. The van der Waals surface area contributed by atoms with Crippen LogP contribution in [0.4, 0.5) is 0 Å². The van der Waals surface area contributed by atoms with Crippen LogP contribution >= 0.6 is 0 Å². The van der Waals surface area contributed by atoms with Crippen LogP contribution in [0.15, 0.2) is 36.8 Å². The molecule has 0 aromatic carbocycles. The lowest BCUT2D eigenvalue weighted by Crippen LogP contribution is -2.37. The second kappa shape index (κ2) is 5.16. The molecule has 0 saturated heterocycles. The van der Waals surface area contributed by atoms with Gasteiger partial charge in [0.25, 0.3) is 11.8 Å². The van der Waals surface area contributed by atoms with Gasteiger partial charge in [0.05, 0.1) is 11.9 Å². The molecule has 0 atom stereocenters. The number of imide groups is 1. The van der Waals surface area contributed by atoms with Crippen LogP contribution in [0, 0.1) is 0 Å². The molecule has 0 bridgehead atoms. The molecule has 1 aliphatic heterocycles. The van der Waals surface area contributed by atoms with Crippen molar-refractivity contribution in [1.29, 1.82) is 0 Å². The van der Waals surface area contributed by atoms with Gasteiger partial charge in [-0.05, 0) is 18.6 Å². The summed E-state index contributed by atoms with van der Waals surface area (Å²) in [6.45, 7) is 0.430. The van der Waals surface area contributed by atoms with Crippen LogP contribution in [0.5, 0.6) is 0 Å². The summed E-state index contributed by atoms with van der Waals surface area (Å²) in [4.78, 5) is 32.2. The Morgan fingerprint density at radius 3 is 3.00 bits per heavy atom. The number of aromatic nitrogens is 2. The van der Waals surface area contributed by atoms with E-state index in [4.69, 9.17) is 0 Å². The van der Waals surface area contributed by atoms with Gasteiger partial charge in [0.15, 0.2) is 0 Å². The third-order valence-electron chi connectivity index (χ3n) is 2.29. The van der Waals surface area contributed by atoms with E-state index >= 15 is 0 Å². The Morgan fingerprint density at radius 2 is 2.29 bits per heavy atom. The summed E-state index contributed by atoms with van der Waals surface area (Å²) in [5, 5.41) is 0. The molecule has 2 rings (SSSR count). The second-order valence-electron chi connectivity index (χ2n) is 3.48. The highest BCUT2D eigenvalue weighted by atomic mass is 16.2. The Labute approximate surface area is 98.5 Å². The zero-order valence-electron chi connectivity index (χ0n) is 9.11. The number of carbonyl (C=O) groups is 2. The highest BCUT2D eigenvalue weighted by molar-refractivity contribution is 6.06. The monoisotopic (exact) mass is 229 g/mol. The van der Waals surface area contributed by atoms with Crippen LogP contribution in [0.25, 0.3) is 6.08 Å². The highest BCUT2D eigenvalue weighted by Gasteiger charge is 2.18. The minimum Gasteiger partial charge on any atom is -0.275 e. The van der Waals surface area contributed by atoms with Crippen LogP contribution in [0.2, 0.25) is 0 Å². The Hall–Kier alpha value is -2.30. The van der Waals surface area contributed by atoms with E-state index in [1.807, 2.05) is 0 Å². The summed E-state index contributed by atoms with van der Waals surface area (Å²) >= 11 is 0. The third kappa shape index (κ3) is 2.84. The highest BCUT2D eigenvalue weighted by Crippen LogP contribution is 2.05. The Morgan fingerprint density at radius 1 is 1.41 bits per heavy atom. The summed E-state index contributed by atoms with van der Waals surface area (Å²) in [5.74, 6) is -0.602. The van der Waals surface area contributed by atoms with Crippen LogP contribution in [0.1, 0.15) is 12.1 Å². The molecular formula is C12H11N3O2. The number of hydrogen-bond donors (Lipinski definition) is 0. The molecule has 0 radical (unpaired) electrons. The molecule has 2 heterocycles. The van der Waals surface area contributed by atoms with Crippen molar-refractivity contribution in [3.63, 3.8) is 0 Å². The minimum atomic E-state index is -0.329. The zero-order valence-corrected chi connectivity index (χ0v) is 9.11. The van der Waals surface area contributed by atoms with Crippen molar-refractivity contribution in [2.75, 3.05) is 6.54 Å². The SMILES string of the molecule is O=C1C=CCCN1C(=O)/C=C/c1cnccn1. The first kappa shape index (κ1) is 11.2. The summed E-state index contributed by atoms with van der Waals surface area (Å²) < 4.78 is 0. The van der Waals surface area contributed by atoms with E-state index in [1.54, 1.807) is 30.7 Å². The van der Waals surface area contributed by atoms with E-state index in [2.05, 4.69) is 9.97 Å². The number of nitrogens with zero attached hydrogens (tertiary/aromatic N) is 3. The number of rotatable bonds is 2. The molecule has 0 spiro atoms. The molecule has 1 aromatic heterocycles.